The van der Waals surface area contributed by atoms with Crippen molar-refractivity contribution in [2.75, 3.05) is 26.7 Å². The molecule has 0 atom stereocenters. The topological polar surface area (TPSA) is 49.9 Å². The number of ether oxygens (including phenoxy) is 1. The van der Waals surface area contributed by atoms with E-state index < -0.39 is 21.7 Å². The minimum Gasteiger partial charge on any atom is -0.490 e. The van der Waals surface area contributed by atoms with Gasteiger partial charge >= 0.3 is 0 Å². The second-order valence-corrected chi connectivity index (χ2v) is 11.1. The fraction of sp³-hybridized carbons (Fsp3) is 0.478. The Balaban J connectivity index is 1.27. The van der Waals surface area contributed by atoms with Crippen molar-refractivity contribution in [1.29, 1.82) is 0 Å². The molecule has 1 aliphatic carbocycles. The molecule has 2 aromatic carbocycles. The Kier molecular flexibility index (Phi) is 7.05. The molecule has 0 amide bonds. The van der Waals surface area contributed by atoms with E-state index >= 15 is 0 Å². The van der Waals surface area contributed by atoms with E-state index in [1.165, 1.54) is 24.2 Å². The molecule has 1 saturated carbocycles. The number of hydrogen-bond acceptors (Lipinski definition) is 4. The zero-order chi connectivity index (χ0) is 22.9. The molecule has 2 fully saturated rings. The van der Waals surface area contributed by atoms with Crippen LogP contribution in [0.15, 0.2) is 41.3 Å². The fourth-order valence-electron chi connectivity index (χ4n) is 4.30. The highest BCUT2D eigenvalue weighted by molar-refractivity contribution is 7.89. The molecular formula is C23H27ClF2N2O3S. The van der Waals surface area contributed by atoms with Gasteiger partial charge in [-0.3, -0.25) is 4.90 Å². The Labute approximate surface area is 193 Å². The molecule has 5 nitrogen and oxygen atoms in total. The summed E-state index contributed by atoms with van der Waals surface area (Å²) in [6.07, 6.45) is 3.90. The first-order chi connectivity index (χ1) is 15.2. The summed E-state index contributed by atoms with van der Waals surface area (Å²) in [6, 6.07) is 8.41. The minimum absolute atomic E-state index is 0.000122. The molecule has 2 aliphatic rings. The van der Waals surface area contributed by atoms with Gasteiger partial charge < -0.3 is 4.74 Å². The van der Waals surface area contributed by atoms with Gasteiger partial charge in [-0.25, -0.2) is 21.5 Å². The van der Waals surface area contributed by atoms with Gasteiger partial charge in [-0.15, -0.1) is 0 Å². The van der Waals surface area contributed by atoms with E-state index in [4.69, 9.17) is 16.3 Å². The zero-order valence-corrected chi connectivity index (χ0v) is 19.5. The lowest BCUT2D eigenvalue weighted by molar-refractivity contribution is 0.0575. The molecule has 4 rings (SSSR count). The predicted octanol–water partition coefficient (Wildman–Crippen LogP) is 4.69. The first-order valence-electron chi connectivity index (χ1n) is 10.8. The van der Waals surface area contributed by atoms with Crippen molar-refractivity contribution < 1.29 is 21.9 Å². The standard InChI is InChI=1S/C23H27ClF2N2O3S/c1-27(32(29,30)20-6-7-22(25)23(26)13-20)14-16-10-19(11-16)31-18-5-4-17(21(24)12-18)15-28-8-2-3-9-28/h4-7,12-13,16,19H,2-3,8-11,14-15H2,1H3. The summed E-state index contributed by atoms with van der Waals surface area (Å²) in [6.45, 7) is 3.36. The summed E-state index contributed by atoms with van der Waals surface area (Å²) in [5.41, 5.74) is 1.09. The number of hydrogen-bond donors (Lipinski definition) is 0. The van der Waals surface area contributed by atoms with Crippen molar-refractivity contribution in [2.24, 2.45) is 5.92 Å². The van der Waals surface area contributed by atoms with Gasteiger partial charge in [0.25, 0.3) is 0 Å². The van der Waals surface area contributed by atoms with E-state index in [0.717, 1.165) is 37.3 Å². The van der Waals surface area contributed by atoms with Crippen LogP contribution in [0, 0.1) is 17.6 Å². The highest BCUT2D eigenvalue weighted by atomic mass is 35.5. The van der Waals surface area contributed by atoms with Gasteiger partial charge in [0, 0.05) is 25.2 Å². The largest absolute Gasteiger partial charge is 0.490 e. The van der Waals surface area contributed by atoms with Crippen LogP contribution >= 0.6 is 11.6 Å². The van der Waals surface area contributed by atoms with E-state index in [0.29, 0.717) is 29.7 Å². The third kappa shape index (κ3) is 5.25. The summed E-state index contributed by atoms with van der Waals surface area (Å²) in [4.78, 5) is 2.14. The smallest absolute Gasteiger partial charge is 0.242 e. The number of sulfonamides is 1. The predicted molar refractivity (Wildman–Crippen MR) is 119 cm³/mol. The highest BCUT2D eigenvalue weighted by Crippen LogP contribution is 2.34. The van der Waals surface area contributed by atoms with Crippen LogP contribution in [0.5, 0.6) is 5.75 Å². The fourth-order valence-corrected chi connectivity index (χ4v) is 5.79. The molecule has 0 aromatic heterocycles. The van der Waals surface area contributed by atoms with Crippen LogP contribution in [0.1, 0.15) is 31.2 Å². The lowest BCUT2D eigenvalue weighted by atomic mass is 9.82. The van der Waals surface area contributed by atoms with Crippen LogP contribution in [0.25, 0.3) is 0 Å². The maximum Gasteiger partial charge on any atom is 0.242 e. The van der Waals surface area contributed by atoms with Gasteiger partial charge in [0.2, 0.25) is 10.0 Å². The Morgan fingerprint density at radius 2 is 1.81 bits per heavy atom. The number of nitrogens with zero attached hydrogens (tertiary/aromatic N) is 2. The summed E-state index contributed by atoms with van der Waals surface area (Å²) >= 11 is 6.45. The molecule has 0 bridgehead atoms. The quantitative estimate of drug-likeness (QED) is 0.545. The SMILES string of the molecule is CN(CC1CC(Oc2ccc(CN3CCCC3)c(Cl)c2)C1)S(=O)(=O)c1ccc(F)c(F)c1. The number of halogens is 3. The third-order valence-corrected chi connectivity index (χ3v) is 8.40. The van der Waals surface area contributed by atoms with Gasteiger partial charge in [-0.1, -0.05) is 17.7 Å². The van der Waals surface area contributed by atoms with Crippen LogP contribution in [0.3, 0.4) is 0 Å². The number of rotatable bonds is 8. The van der Waals surface area contributed by atoms with Crippen molar-refractivity contribution in [3.63, 3.8) is 0 Å². The Bertz CT molecular complexity index is 1070. The molecule has 2 aromatic rings. The van der Waals surface area contributed by atoms with Gasteiger partial charge in [-0.2, -0.15) is 0 Å². The van der Waals surface area contributed by atoms with E-state index in [2.05, 4.69) is 4.90 Å². The van der Waals surface area contributed by atoms with E-state index in [1.54, 1.807) is 0 Å². The lowest BCUT2D eigenvalue weighted by Gasteiger charge is -2.37. The molecule has 1 saturated heterocycles. The van der Waals surface area contributed by atoms with Gasteiger partial charge in [0.05, 0.1) is 11.0 Å². The van der Waals surface area contributed by atoms with Crippen molar-refractivity contribution in [3.05, 3.63) is 58.6 Å². The van der Waals surface area contributed by atoms with E-state index in [9.17, 15) is 17.2 Å². The first kappa shape index (κ1) is 23.4. The van der Waals surface area contributed by atoms with Crippen molar-refractivity contribution in [1.82, 2.24) is 9.21 Å². The molecule has 1 aliphatic heterocycles. The lowest BCUT2D eigenvalue weighted by Crippen LogP contribution is -2.41. The first-order valence-corrected chi connectivity index (χ1v) is 12.6. The molecule has 32 heavy (non-hydrogen) atoms. The Morgan fingerprint density at radius 3 is 2.47 bits per heavy atom. The highest BCUT2D eigenvalue weighted by Gasteiger charge is 2.34. The van der Waals surface area contributed by atoms with E-state index in [-0.39, 0.29) is 23.5 Å². The summed E-state index contributed by atoms with van der Waals surface area (Å²) in [5.74, 6) is -1.40. The molecular weight excluding hydrogens is 458 g/mol. The van der Waals surface area contributed by atoms with Crippen molar-refractivity contribution in [3.8, 4) is 5.75 Å². The molecule has 0 N–H and O–H groups in total. The molecule has 0 unspecified atom stereocenters. The molecule has 0 spiro atoms. The van der Waals surface area contributed by atoms with E-state index in [1.807, 2.05) is 18.2 Å². The monoisotopic (exact) mass is 484 g/mol. The summed E-state index contributed by atoms with van der Waals surface area (Å²) in [7, 11) is -2.43. The number of benzene rings is 2. The second kappa shape index (κ2) is 9.63. The number of likely N-dealkylation sites (tertiary alicyclic amines) is 1. The molecule has 9 heteroatoms. The minimum atomic E-state index is -3.88. The molecule has 1 heterocycles. The normalized spacial score (nSPS) is 21.7. The molecule has 0 radical (unpaired) electrons. The van der Waals surface area contributed by atoms with Gasteiger partial charge in [0.1, 0.15) is 5.75 Å². The van der Waals surface area contributed by atoms with Gasteiger partial charge in [0.15, 0.2) is 11.6 Å². The van der Waals surface area contributed by atoms with Gasteiger partial charge in [-0.05, 0) is 80.6 Å². The van der Waals surface area contributed by atoms with Crippen LogP contribution in [0.2, 0.25) is 5.02 Å². The van der Waals surface area contributed by atoms with Crippen LogP contribution in [-0.4, -0.2) is 50.4 Å². The van der Waals surface area contributed by atoms with Crippen molar-refractivity contribution >= 4 is 21.6 Å². The van der Waals surface area contributed by atoms with Crippen molar-refractivity contribution in [2.45, 2.75) is 43.2 Å². The summed E-state index contributed by atoms with van der Waals surface area (Å²) in [5, 5.41) is 0.697. The summed E-state index contributed by atoms with van der Waals surface area (Å²) < 4.78 is 59.0. The zero-order valence-electron chi connectivity index (χ0n) is 17.9. The molecule has 174 valence electrons. The van der Waals surface area contributed by atoms with Crippen LogP contribution in [0.4, 0.5) is 8.78 Å². The average molecular weight is 485 g/mol. The van der Waals surface area contributed by atoms with Crippen LogP contribution < -0.4 is 4.74 Å². The van der Waals surface area contributed by atoms with Crippen LogP contribution in [-0.2, 0) is 16.6 Å². The maximum absolute atomic E-state index is 13.4. The Hall–Kier alpha value is -1.74. The third-order valence-electron chi connectivity index (χ3n) is 6.23. The maximum atomic E-state index is 13.4. The average Bonchev–Trinajstić information content (AvgIpc) is 3.23. The Morgan fingerprint density at radius 1 is 1.09 bits per heavy atom. The second-order valence-electron chi connectivity index (χ2n) is 8.68.